The standard InChI is InChI=1S/C12H12F2O2/c13-11(14)12(6-3-7-12)9-5-2-1-4-8(9)10(15)16/h1-2,4-5,11H,3,6-7H2,(H,15,16). The number of carboxylic acids is 1. The summed E-state index contributed by atoms with van der Waals surface area (Å²) < 4.78 is 26.1. The van der Waals surface area contributed by atoms with Crippen molar-refractivity contribution in [3.63, 3.8) is 0 Å². The summed E-state index contributed by atoms with van der Waals surface area (Å²) in [6.07, 6.45) is -1.02. The summed E-state index contributed by atoms with van der Waals surface area (Å²) in [5, 5.41) is 8.99. The van der Waals surface area contributed by atoms with Gasteiger partial charge >= 0.3 is 5.97 Å². The van der Waals surface area contributed by atoms with Crippen molar-refractivity contribution >= 4 is 5.97 Å². The fourth-order valence-corrected chi connectivity index (χ4v) is 2.27. The summed E-state index contributed by atoms with van der Waals surface area (Å²) in [6, 6.07) is 6.07. The van der Waals surface area contributed by atoms with E-state index >= 15 is 0 Å². The Morgan fingerprint density at radius 3 is 2.38 bits per heavy atom. The number of hydrogen-bond acceptors (Lipinski definition) is 1. The number of benzene rings is 1. The highest BCUT2D eigenvalue weighted by Gasteiger charge is 2.48. The van der Waals surface area contributed by atoms with Crippen molar-refractivity contribution in [2.45, 2.75) is 31.1 Å². The van der Waals surface area contributed by atoms with Crippen LogP contribution in [0.5, 0.6) is 0 Å². The predicted octanol–water partition coefficient (Wildman–Crippen LogP) is 3.07. The molecule has 2 nitrogen and oxygen atoms in total. The van der Waals surface area contributed by atoms with Gasteiger partial charge in [-0.05, 0) is 24.5 Å². The summed E-state index contributed by atoms with van der Waals surface area (Å²) in [7, 11) is 0. The molecule has 1 aliphatic rings. The number of halogens is 2. The van der Waals surface area contributed by atoms with E-state index in [-0.39, 0.29) is 11.1 Å². The van der Waals surface area contributed by atoms with Gasteiger partial charge in [-0.25, -0.2) is 13.6 Å². The Kier molecular flexibility index (Phi) is 2.66. The average Bonchev–Trinajstić information content (AvgIpc) is 2.15. The molecule has 86 valence electrons. The lowest BCUT2D eigenvalue weighted by atomic mass is 9.63. The average molecular weight is 226 g/mol. The predicted molar refractivity (Wildman–Crippen MR) is 54.9 cm³/mol. The van der Waals surface area contributed by atoms with Crippen molar-refractivity contribution in [3.8, 4) is 0 Å². The molecule has 0 amide bonds. The van der Waals surface area contributed by atoms with Crippen LogP contribution in [-0.2, 0) is 5.41 Å². The third-order valence-corrected chi connectivity index (χ3v) is 3.36. The van der Waals surface area contributed by atoms with E-state index in [9.17, 15) is 13.6 Å². The molecule has 0 radical (unpaired) electrons. The number of carbonyl (C=O) groups is 1. The zero-order chi connectivity index (χ0) is 11.8. The van der Waals surface area contributed by atoms with Crippen LogP contribution in [0.25, 0.3) is 0 Å². The Labute approximate surface area is 91.9 Å². The van der Waals surface area contributed by atoms with Crippen LogP contribution in [0.3, 0.4) is 0 Å². The largest absolute Gasteiger partial charge is 0.478 e. The van der Waals surface area contributed by atoms with Gasteiger partial charge in [-0.15, -0.1) is 0 Å². The zero-order valence-corrected chi connectivity index (χ0v) is 8.62. The molecule has 0 atom stereocenters. The molecule has 0 saturated heterocycles. The maximum atomic E-state index is 13.1. The van der Waals surface area contributed by atoms with Crippen molar-refractivity contribution in [2.24, 2.45) is 0 Å². The third kappa shape index (κ3) is 1.49. The van der Waals surface area contributed by atoms with Crippen LogP contribution >= 0.6 is 0 Å². The first kappa shape index (κ1) is 11.0. The number of alkyl halides is 2. The first-order valence-corrected chi connectivity index (χ1v) is 5.19. The Bertz CT molecular complexity index is 411. The van der Waals surface area contributed by atoms with Gasteiger partial charge in [-0.2, -0.15) is 0 Å². The Balaban J connectivity index is 2.50. The zero-order valence-electron chi connectivity index (χ0n) is 8.62. The highest BCUT2D eigenvalue weighted by atomic mass is 19.3. The Morgan fingerprint density at radius 1 is 1.31 bits per heavy atom. The summed E-state index contributed by atoms with van der Waals surface area (Å²) in [5.74, 6) is -1.14. The minimum Gasteiger partial charge on any atom is -0.478 e. The van der Waals surface area contributed by atoms with Gasteiger partial charge < -0.3 is 5.11 Å². The van der Waals surface area contributed by atoms with E-state index in [0.717, 1.165) is 6.42 Å². The topological polar surface area (TPSA) is 37.3 Å². The molecule has 1 saturated carbocycles. The molecule has 4 heteroatoms. The van der Waals surface area contributed by atoms with Crippen LogP contribution in [0.1, 0.15) is 35.2 Å². The molecule has 0 heterocycles. The van der Waals surface area contributed by atoms with Crippen LogP contribution in [0.2, 0.25) is 0 Å². The molecule has 2 rings (SSSR count). The van der Waals surface area contributed by atoms with E-state index in [1.54, 1.807) is 12.1 Å². The van der Waals surface area contributed by atoms with Gasteiger partial charge in [0.15, 0.2) is 0 Å². The first-order valence-electron chi connectivity index (χ1n) is 5.19. The Morgan fingerprint density at radius 2 is 1.94 bits per heavy atom. The monoisotopic (exact) mass is 226 g/mol. The molecule has 0 unspecified atom stereocenters. The quantitative estimate of drug-likeness (QED) is 0.859. The molecule has 16 heavy (non-hydrogen) atoms. The lowest BCUT2D eigenvalue weighted by Crippen LogP contribution is -2.42. The molecular formula is C12H12F2O2. The number of rotatable bonds is 3. The van der Waals surface area contributed by atoms with Gasteiger partial charge in [0.25, 0.3) is 0 Å². The number of aromatic carboxylic acids is 1. The minimum absolute atomic E-state index is 0.00231. The second kappa shape index (κ2) is 3.85. The molecule has 0 aliphatic heterocycles. The molecule has 1 aromatic rings. The Hall–Kier alpha value is -1.45. The first-order chi connectivity index (χ1) is 7.58. The van der Waals surface area contributed by atoms with Gasteiger partial charge in [0.05, 0.1) is 11.0 Å². The molecule has 0 spiro atoms. The number of carboxylic acid groups (broad SMARTS) is 1. The van der Waals surface area contributed by atoms with Crippen LogP contribution in [-0.4, -0.2) is 17.5 Å². The summed E-state index contributed by atoms with van der Waals surface area (Å²) in [4.78, 5) is 11.0. The van der Waals surface area contributed by atoms with Gasteiger partial charge in [0.1, 0.15) is 0 Å². The van der Waals surface area contributed by atoms with Crippen LogP contribution in [0, 0.1) is 0 Å². The van der Waals surface area contributed by atoms with Gasteiger partial charge in [0.2, 0.25) is 6.43 Å². The van der Waals surface area contributed by atoms with E-state index in [1.807, 2.05) is 0 Å². The summed E-state index contributed by atoms with van der Waals surface area (Å²) in [6.45, 7) is 0. The normalized spacial score (nSPS) is 18.2. The molecular weight excluding hydrogens is 214 g/mol. The van der Waals surface area contributed by atoms with Crippen molar-refractivity contribution in [1.29, 1.82) is 0 Å². The van der Waals surface area contributed by atoms with Gasteiger partial charge in [-0.3, -0.25) is 0 Å². The van der Waals surface area contributed by atoms with Gasteiger partial charge in [0, 0.05) is 0 Å². The van der Waals surface area contributed by atoms with Crippen LogP contribution in [0.4, 0.5) is 8.78 Å². The molecule has 0 bridgehead atoms. The third-order valence-electron chi connectivity index (χ3n) is 3.36. The maximum absolute atomic E-state index is 13.1. The highest BCUT2D eigenvalue weighted by molar-refractivity contribution is 5.90. The number of hydrogen-bond donors (Lipinski definition) is 1. The second-order valence-electron chi connectivity index (χ2n) is 4.16. The minimum atomic E-state index is -2.50. The smallest absolute Gasteiger partial charge is 0.335 e. The fraction of sp³-hybridized carbons (Fsp3) is 0.417. The highest BCUT2D eigenvalue weighted by Crippen LogP contribution is 2.49. The molecule has 1 fully saturated rings. The lowest BCUT2D eigenvalue weighted by molar-refractivity contribution is 0.000102. The van der Waals surface area contributed by atoms with Crippen molar-refractivity contribution in [3.05, 3.63) is 35.4 Å². The van der Waals surface area contributed by atoms with Crippen molar-refractivity contribution < 1.29 is 18.7 Å². The van der Waals surface area contributed by atoms with Crippen LogP contribution < -0.4 is 0 Å². The molecule has 0 aromatic heterocycles. The summed E-state index contributed by atoms with van der Waals surface area (Å²) in [5.41, 5.74) is -0.944. The van der Waals surface area contributed by atoms with Crippen molar-refractivity contribution in [1.82, 2.24) is 0 Å². The van der Waals surface area contributed by atoms with Crippen LogP contribution in [0.15, 0.2) is 24.3 Å². The second-order valence-corrected chi connectivity index (χ2v) is 4.16. The maximum Gasteiger partial charge on any atom is 0.335 e. The van der Waals surface area contributed by atoms with E-state index in [2.05, 4.69) is 0 Å². The fourth-order valence-electron chi connectivity index (χ4n) is 2.27. The summed E-state index contributed by atoms with van der Waals surface area (Å²) >= 11 is 0. The lowest BCUT2D eigenvalue weighted by Gasteiger charge is -2.42. The van der Waals surface area contributed by atoms with Crippen molar-refractivity contribution in [2.75, 3.05) is 0 Å². The van der Waals surface area contributed by atoms with E-state index in [1.165, 1.54) is 12.1 Å². The molecule has 1 aliphatic carbocycles. The molecule has 1 aromatic carbocycles. The van der Waals surface area contributed by atoms with E-state index in [0.29, 0.717) is 12.8 Å². The molecule has 1 N–H and O–H groups in total. The van der Waals surface area contributed by atoms with E-state index in [4.69, 9.17) is 5.11 Å². The SMILES string of the molecule is O=C(O)c1ccccc1C1(C(F)F)CCC1. The van der Waals surface area contributed by atoms with E-state index < -0.39 is 17.8 Å². The van der Waals surface area contributed by atoms with Gasteiger partial charge in [-0.1, -0.05) is 24.6 Å².